The quantitative estimate of drug-likeness (QED) is 0.514. The van der Waals surface area contributed by atoms with Crippen molar-refractivity contribution in [2.75, 3.05) is 0 Å². The molecule has 0 heterocycles. The summed E-state index contributed by atoms with van der Waals surface area (Å²) >= 11 is -1.84. The summed E-state index contributed by atoms with van der Waals surface area (Å²) in [5.74, 6) is 1.06. The predicted molar refractivity (Wildman–Crippen MR) is 112 cm³/mol. The van der Waals surface area contributed by atoms with Crippen molar-refractivity contribution in [3.05, 3.63) is 50.6 Å². The van der Waals surface area contributed by atoms with Gasteiger partial charge in [0, 0.05) is 0 Å². The van der Waals surface area contributed by atoms with Crippen molar-refractivity contribution in [1.82, 2.24) is 0 Å². The van der Waals surface area contributed by atoms with Crippen molar-refractivity contribution in [3.8, 4) is 5.75 Å². The summed E-state index contributed by atoms with van der Waals surface area (Å²) in [7, 11) is -1.29. The van der Waals surface area contributed by atoms with Crippen LogP contribution in [0.4, 0.5) is 0 Å². The predicted octanol–water partition coefficient (Wildman–Crippen LogP) is 6.36. The second kappa shape index (κ2) is 9.54. The van der Waals surface area contributed by atoms with E-state index in [1.807, 2.05) is 0 Å². The molecule has 5 heteroatoms. The first-order valence-corrected chi connectivity index (χ1v) is 13.7. The first kappa shape index (κ1) is 23.9. The van der Waals surface area contributed by atoms with Gasteiger partial charge in [0.2, 0.25) is 0 Å². The third-order valence-corrected chi connectivity index (χ3v) is 10.1. The fourth-order valence-electron chi connectivity index (χ4n) is 3.00. The van der Waals surface area contributed by atoms with Gasteiger partial charge < -0.3 is 0 Å². The molecule has 0 atom stereocenters. The number of aryl methyl sites for hydroxylation is 2. The molecule has 0 fully saturated rings. The van der Waals surface area contributed by atoms with Crippen LogP contribution in [0.2, 0.25) is 19.6 Å². The Labute approximate surface area is 167 Å². The van der Waals surface area contributed by atoms with E-state index in [-0.39, 0.29) is 24.8 Å². The van der Waals surface area contributed by atoms with Gasteiger partial charge >= 0.3 is 143 Å². The minimum absolute atomic E-state index is 0. The van der Waals surface area contributed by atoms with E-state index in [1.165, 1.54) is 14.9 Å². The molecule has 0 saturated heterocycles. The maximum Gasteiger partial charge on any atom is -0.147 e. The summed E-state index contributed by atoms with van der Waals surface area (Å²) in [4.78, 5) is 0. The van der Waals surface area contributed by atoms with Crippen LogP contribution in [0, 0.1) is 13.8 Å². The smallest absolute Gasteiger partial charge is 0.147 e. The van der Waals surface area contributed by atoms with Crippen LogP contribution in [-0.4, -0.2) is 11.9 Å². The van der Waals surface area contributed by atoms with Crippen molar-refractivity contribution >= 4 is 36.7 Å². The van der Waals surface area contributed by atoms with E-state index < -0.39 is 25.9 Å². The van der Waals surface area contributed by atoms with Gasteiger partial charge in [0.1, 0.15) is 0 Å². The van der Waals surface area contributed by atoms with E-state index in [0.29, 0.717) is 0 Å². The molecule has 0 spiro atoms. The molecule has 0 aromatic heterocycles. The summed E-state index contributed by atoms with van der Waals surface area (Å²) in [6.45, 7) is 16.1. The Bertz CT molecular complexity index is 661. The van der Waals surface area contributed by atoms with Crippen LogP contribution in [0.25, 0.3) is 0 Å². The minimum atomic E-state index is -1.84. The van der Waals surface area contributed by atoms with Crippen molar-refractivity contribution in [2.45, 2.75) is 53.8 Å². The van der Waals surface area contributed by atoms with E-state index in [0.717, 1.165) is 12.2 Å². The summed E-state index contributed by atoms with van der Waals surface area (Å²) in [5.41, 5.74) is 2.57. The largest absolute Gasteiger partial charge is 0.147 e. The molecule has 0 amide bonds. The molecular weight excluding hydrogens is 391 g/mol. The van der Waals surface area contributed by atoms with Gasteiger partial charge in [-0.05, 0) is 0 Å². The number of hydrogen-bond acceptors (Lipinski definition) is 1. The molecule has 134 valence electrons. The average molecular weight is 421 g/mol. The second-order valence-electron chi connectivity index (χ2n) is 7.50. The van der Waals surface area contributed by atoms with Crippen molar-refractivity contribution < 1.29 is 21.1 Å². The molecule has 1 nitrogen and oxygen atoms in total. The Kier molecular flexibility index (Phi) is 9.50. The minimum Gasteiger partial charge on any atom is -0.147 e. The third kappa shape index (κ3) is 6.00. The van der Waals surface area contributed by atoms with Gasteiger partial charge in [-0.15, -0.1) is 24.8 Å². The molecule has 1 aliphatic rings. The van der Waals surface area contributed by atoms with E-state index >= 15 is 0 Å². The molecular formula is C19H30Cl2OSiTi. The average Bonchev–Trinajstić information content (AvgIpc) is 2.83. The Morgan fingerprint density at radius 2 is 1.54 bits per heavy atom. The number of benzene rings is 1. The van der Waals surface area contributed by atoms with Crippen LogP contribution in [0.1, 0.15) is 31.4 Å². The molecule has 24 heavy (non-hydrogen) atoms. The van der Waals surface area contributed by atoms with Gasteiger partial charge in [-0.1, -0.05) is 0 Å². The monoisotopic (exact) mass is 420 g/mol. The van der Waals surface area contributed by atoms with Crippen LogP contribution < -0.4 is 3.32 Å². The Hall–Kier alpha value is -0.119. The second-order valence-corrected chi connectivity index (χ2v) is 16.4. The molecule has 0 N–H and O–H groups in total. The van der Waals surface area contributed by atoms with Gasteiger partial charge in [-0.3, -0.25) is 0 Å². The van der Waals surface area contributed by atoms with Crippen LogP contribution in [0.15, 0.2) is 39.4 Å². The molecule has 0 bridgehead atoms. The Balaban J connectivity index is 0.00000264. The molecule has 1 aromatic carbocycles. The molecule has 0 aliphatic heterocycles. The molecule has 0 unspecified atom stereocenters. The summed E-state index contributed by atoms with van der Waals surface area (Å²) in [5, 5.41) is 1.63. The first-order valence-electron chi connectivity index (χ1n) is 8.02. The number of hydrogen-bond donors (Lipinski definition) is 0. The number of halogens is 2. The zero-order valence-electron chi connectivity index (χ0n) is 15.8. The van der Waals surface area contributed by atoms with Crippen LogP contribution in [-0.2, 0) is 17.8 Å². The summed E-state index contributed by atoms with van der Waals surface area (Å²) in [6, 6.07) is 6.57. The van der Waals surface area contributed by atoms with Crippen LogP contribution in [0.5, 0.6) is 5.75 Å². The van der Waals surface area contributed by atoms with Gasteiger partial charge in [0.25, 0.3) is 0 Å². The van der Waals surface area contributed by atoms with E-state index in [9.17, 15) is 0 Å². The summed E-state index contributed by atoms with van der Waals surface area (Å²) in [6.07, 6.45) is 5.82. The fraction of sp³-hybridized carbons (Fsp3) is 0.421. The van der Waals surface area contributed by atoms with Gasteiger partial charge in [0.15, 0.2) is 0 Å². The molecule has 0 saturated carbocycles. The number of allylic oxidation sites excluding steroid dienone is 4. The van der Waals surface area contributed by atoms with E-state index in [1.54, 1.807) is 9.07 Å². The van der Waals surface area contributed by atoms with Crippen molar-refractivity contribution in [2.24, 2.45) is 0 Å². The van der Waals surface area contributed by atoms with Gasteiger partial charge in [0.05, 0.1) is 0 Å². The maximum atomic E-state index is 6.60. The standard InChI is InChI=1S/C8H10O.C8H13Si.C3H6.2ClH.Ti/c1-6-3-7(2)5-8(9)4-6;1-9(2,3)8-6-4-5-7-8;1-3-2;;;/h3-5,9H,1-2H3;4,6H,5H2,1-3H3;1-2H3;2*1H;/q;;;;;+1/p-1. The molecule has 1 aromatic rings. The van der Waals surface area contributed by atoms with Gasteiger partial charge in [-0.2, -0.15) is 0 Å². The Morgan fingerprint density at radius 1 is 1.00 bits per heavy atom. The zero-order chi connectivity index (χ0) is 16.5. The van der Waals surface area contributed by atoms with E-state index in [2.05, 4.69) is 77.7 Å². The van der Waals surface area contributed by atoms with Crippen molar-refractivity contribution in [3.63, 3.8) is 0 Å². The molecule has 2 rings (SSSR count). The maximum absolute atomic E-state index is 6.60. The van der Waals surface area contributed by atoms with E-state index in [4.69, 9.17) is 3.32 Å². The SMILES string of the molecule is C[C](C)=[Ti]([O]c1cc(C)cc(C)c1)[C]1=C([Si](C)(C)C)C=CC1.Cl.Cl. The zero-order valence-corrected chi connectivity index (χ0v) is 20.0. The van der Waals surface area contributed by atoms with Crippen molar-refractivity contribution in [1.29, 1.82) is 0 Å². The summed E-state index contributed by atoms with van der Waals surface area (Å²) < 4.78 is 9.73. The van der Waals surface area contributed by atoms with Crippen LogP contribution in [0.3, 0.4) is 0 Å². The van der Waals surface area contributed by atoms with Crippen LogP contribution >= 0.6 is 24.8 Å². The third-order valence-electron chi connectivity index (χ3n) is 3.88. The Morgan fingerprint density at radius 3 is 2.00 bits per heavy atom. The topological polar surface area (TPSA) is 9.23 Å². The molecule has 0 radical (unpaired) electrons. The normalized spacial score (nSPS) is 13.3. The first-order chi connectivity index (χ1) is 10.2. The van der Waals surface area contributed by atoms with Gasteiger partial charge in [-0.25, -0.2) is 0 Å². The number of rotatable bonds is 4. The molecule has 1 aliphatic carbocycles. The fourth-order valence-corrected chi connectivity index (χ4v) is 9.84.